The molecule has 0 aliphatic heterocycles. The number of hydrogen-bond acceptors (Lipinski definition) is 1. The summed E-state index contributed by atoms with van der Waals surface area (Å²) in [4.78, 5) is 14.0. The normalized spacial score (nSPS) is 10.5. The molecule has 0 unspecified atom stereocenters. The minimum atomic E-state index is -0.430. The monoisotopic (exact) mass is 349 g/mol. The van der Waals surface area contributed by atoms with Crippen LogP contribution in [0.1, 0.15) is 27.0 Å². The topological polar surface area (TPSA) is 20.3 Å². The molecule has 4 heteroatoms. The summed E-state index contributed by atoms with van der Waals surface area (Å²) < 4.78 is 13.7. The summed E-state index contributed by atoms with van der Waals surface area (Å²) in [5.74, 6) is -0.637. The Bertz CT molecular complexity index is 684. The van der Waals surface area contributed by atoms with Gasteiger partial charge < -0.3 is 4.90 Å². The number of hydrogen-bond donors (Lipinski definition) is 0. The minimum Gasteiger partial charge on any atom is -0.337 e. The molecule has 0 N–H and O–H groups in total. The number of rotatable bonds is 3. The van der Waals surface area contributed by atoms with Crippen molar-refractivity contribution in [2.75, 3.05) is 7.05 Å². The van der Waals surface area contributed by atoms with Crippen molar-refractivity contribution >= 4 is 21.8 Å². The van der Waals surface area contributed by atoms with Gasteiger partial charge in [-0.2, -0.15) is 0 Å². The third kappa shape index (κ3) is 3.50. The van der Waals surface area contributed by atoms with E-state index in [1.807, 2.05) is 26.0 Å². The molecule has 0 aliphatic carbocycles. The number of amides is 1. The second kappa shape index (κ2) is 6.39. The van der Waals surface area contributed by atoms with Crippen molar-refractivity contribution in [2.24, 2.45) is 0 Å². The van der Waals surface area contributed by atoms with Gasteiger partial charge in [0.25, 0.3) is 5.91 Å². The van der Waals surface area contributed by atoms with Gasteiger partial charge in [-0.05, 0) is 53.0 Å². The highest BCUT2D eigenvalue weighted by Crippen LogP contribution is 2.22. The maximum Gasteiger partial charge on any atom is 0.255 e. The highest BCUT2D eigenvalue weighted by molar-refractivity contribution is 9.10. The second-order valence-corrected chi connectivity index (χ2v) is 5.99. The zero-order valence-electron chi connectivity index (χ0n) is 12.3. The Hall–Kier alpha value is -1.68. The second-order valence-electron chi connectivity index (χ2n) is 5.19. The molecule has 1 amide bonds. The molecular formula is C17H17BrFNO. The fourth-order valence-corrected chi connectivity index (χ4v) is 2.66. The SMILES string of the molecule is Cc1ccc(CN(C)C(=O)c2cccc(F)c2Br)c(C)c1. The molecule has 2 nitrogen and oxygen atoms in total. The summed E-state index contributed by atoms with van der Waals surface area (Å²) in [6.07, 6.45) is 0. The first-order valence-electron chi connectivity index (χ1n) is 6.65. The van der Waals surface area contributed by atoms with Crippen LogP contribution in [-0.4, -0.2) is 17.9 Å². The summed E-state index contributed by atoms with van der Waals surface area (Å²) in [6.45, 7) is 4.56. The van der Waals surface area contributed by atoms with Crippen LogP contribution in [0.3, 0.4) is 0 Å². The maximum atomic E-state index is 13.5. The van der Waals surface area contributed by atoms with Gasteiger partial charge >= 0.3 is 0 Å². The predicted molar refractivity (Wildman–Crippen MR) is 85.8 cm³/mol. The Kier molecular flexibility index (Phi) is 4.78. The van der Waals surface area contributed by atoms with E-state index in [0.717, 1.165) is 11.1 Å². The Labute approximate surface area is 132 Å². The summed E-state index contributed by atoms with van der Waals surface area (Å²) in [5, 5.41) is 0. The van der Waals surface area contributed by atoms with Crippen molar-refractivity contribution in [1.29, 1.82) is 0 Å². The molecule has 0 fully saturated rings. The van der Waals surface area contributed by atoms with E-state index in [0.29, 0.717) is 12.1 Å². The van der Waals surface area contributed by atoms with Crippen LogP contribution in [0.15, 0.2) is 40.9 Å². The van der Waals surface area contributed by atoms with Crippen molar-refractivity contribution in [1.82, 2.24) is 4.90 Å². The molecule has 0 aromatic heterocycles. The van der Waals surface area contributed by atoms with E-state index >= 15 is 0 Å². The molecule has 0 spiro atoms. The molecule has 2 rings (SSSR count). The van der Waals surface area contributed by atoms with Gasteiger partial charge in [0.15, 0.2) is 0 Å². The highest BCUT2D eigenvalue weighted by atomic mass is 79.9. The molecule has 21 heavy (non-hydrogen) atoms. The van der Waals surface area contributed by atoms with E-state index < -0.39 is 5.82 Å². The molecule has 0 atom stereocenters. The zero-order chi connectivity index (χ0) is 15.6. The first kappa shape index (κ1) is 15.7. The van der Waals surface area contributed by atoms with Crippen LogP contribution in [0.2, 0.25) is 0 Å². The lowest BCUT2D eigenvalue weighted by Gasteiger charge is -2.19. The smallest absolute Gasteiger partial charge is 0.255 e. The average molecular weight is 350 g/mol. The third-order valence-corrected chi connectivity index (χ3v) is 4.24. The van der Waals surface area contributed by atoms with E-state index in [2.05, 4.69) is 22.0 Å². The highest BCUT2D eigenvalue weighted by Gasteiger charge is 2.17. The molecular weight excluding hydrogens is 333 g/mol. The Morgan fingerprint density at radius 1 is 1.24 bits per heavy atom. The van der Waals surface area contributed by atoms with Crippen LogP contribution < -0.4 is 0 Å². The Morgan fingerprint density at radius 2 is 1.95 bits per heavy atom. The molecule has 2 aromatic rings. The fourth-order valence-electron chi connectivity index (χ4n) is 2.23. The summed E-state index contributed by atoms with van der Waals surface area (Å²) >= 11 is 3.14. The number of carbonyl (C=O) groups is 1. The van der Waals surface area contributed by atoms with E-state index in [1.165, 1.54) is 17.7 Å². The predicted octanol–water partition coefficient (Wildman–Crippen LogP) is 4.48. The van der Waals surface area contributed by atoms with Gasteiger partial charge in [-0.3, -0.25) is 4.79 Å². The summed E-state index contributed by atoms with van der Waals surface area (Å²) in [7, 11) is 1.72. The Balaban J connectivity index is 2.21. The fraction of sp³-hybridized carbons (Fsp3) is 0.235. The van der Waals surface area contributed by atoms with Crippen molar-refractivity contribution in [3.63, 3.8) is 0 Å². The van der Waals surface area contributed by atoms with E-state index in [-0.39, 0.29) is 10.4 Å². The molecule has 110 valence electrons. The molecule has 0 heterocycles. The number of aryl methyl sites for hydroxylation is 2. The van der Waals surface area contributed by atoms with Gasteiger partial charge in [-0.15, -0.1) is 0 Å². The number of halogens is 2. The van der Waals surface area contributed by atoms with Crippen molar-refractivity contribution in [3.05, 3.63) is 68.9 Å². The van der Waals surface area contributed by atoms with Crippen LogP contribution in [-0.2, 0) is 6.54 Å². The standard InChI is InChI=1S/C17H17BrFNO/c1-11-7-8-13(12(2)9-11)10-20(3)17(21)14-5-4-6-15(19)16(14)18/h4-9H,10H2,1-3H3. The van der Waals surface area contributed by atoms with Gasteiger partial charge in [-0.1, -0.05) is 29.8 Å². The minimum absolute atomic E-state index is 0.207. The van der Waals surface area contributed by atoms with Gasteiger partial charge in [0, 0.05) is 13.6 Å². The average Bonchev–Trinajstić information content (AvgIpc) is 2.44. The van der Waals surface area contributed by atoms with E-state index in [1.54, 1.807) is 18.0 Å². The summed E-state index contributed by atoms with van der Waals surface area (Å²) in [6, 6.07) is 10.6. The molecule has 0 aliphatic rings. The molecule has 2 aromatic carbocycles. The molecule has 0 radical (unpaired) electrons. The summed E-state index contributed by atoms with van der Waals surface area (Å²) in [5.41, 5.74) is 3.76. The van der Waals surface area contributed by atoms with Crippen LogP contribution in [0.4, 0.5) is 4.39 Å². The quantitative estimate of drug-likeness (QED) is 0.799. The number of benzene rings is 2. The molecule has 0 bridgehead atoms. The lowest BCUT2D eigenvalue weighted by Crippen LogP contribution is -2.27. The first-order chi connectivity index (χ1) is 9.90. The molecule has 0 saturated heterocycles. The lowest BCUT2D eigenvalue weighted by atomic mass is 10.1. The maximum absolute atomic E-state index is 13.5. The van der Waals surface area contributed by atoms with Crippen LogP contribution in [0.25, 0.3) is 0 Å². The van der Waals surface area contributed by atoms with E-state index in [9.17, 15) is 9.18 Å². The number of nitrogens with zero attached hydrogens (tertiary/aromatic N) is 1. The zero-order valence-corrected chi connectivity index (χ0v) is 13.9. The first-order valence-corrected chi connectivity index (χ1v) is 7.45. The Morgan fingerprint density at radius 3 is 2.62 bits per heavy atom. The van der Waals surface area contributed by atoms with Gasteiger partial charge in [0.05, 0.1) is 10.0 Å². The molecule has 0 saturated carbocycles. The van der Waals surface area contributed by atoms with Crippen molar-refractivity contribution in [3.8, 4) is 0 Å². The third-order valence-electron chi connectivity index (χ3n) is 3.43. The largest absolute Gasteiger partial charge is 0.337 e. The van der Waals surface area contributed by atoms with Gasteiger partial charge in [0.2, 0.25) is 0 Å². The van der Waals surface area contributed by atoms with Crippen molar-refractivity contribution < 1.29 is 9.18 Å². The number of carbonyl (C=O) groups excluding carboxylic acids is 1. The van der Waals surface area contributed by atoms with Gasteiger partial charge in [0.1, 0.15) is 5.82 Å². The van der Waals surface area contributed by atoms with Crippen LogP contribution in [0.5, 0.6) is 0 Å². The van der Waals surface area contributed by atoms with Crippen molar-refractivity contribution in [2.45, 2.75) is 20.4 Å². The van der Waals surface area contributed by atoms with Gasteiger partial charge in [-0.25, -0.2) is 4.39 Å². The van der Waals surface area contributed by atoms with Crippen LogP contribution >= 0.6 is 15.9 Å². The van der Waals surface area contributed by atoms with E-state index in [4.69, 9.17) is 0 Å². The van der Waals surface area contributed by atoms with Crippen LogP contribution in [0, 0.1) is 19.7 Å². The lowest BCUT2D eigenvalue weighted by molar-refractivity contribution is 0.0783.